The molecule has 2 aromatic carbocycles. The van der Waals surface area contributed by atoms with Crippen LogP contribution in [0.3, 0.4) is 0 Å². The molecule has 1 N–H and O–H groups in total. The average molecular weight is 384 g/mol. The van der Waals surface area contributed by atoms with Crippen molar-refractivity contribution in [1.29, 1.82) is 0 Å². The van der Waals surface area contributed by atoms with Crippen LogP contribution in [0.15, 0.2) is 65.7 Å². The van der Waals surface area contributed by atoms with Gasteiger partial charge in [-0.25, -0.2) is 13.1 Å². The Hall–Kier alpha value is -3.00. The van der Waals surface area contributed by atoms with Gasteiger partial charge in [-0.1, -0.05) is 47.7 Å². The molecule has 0 aliphatic heterocycles. The topological polar surface area (TPSA) is 93.9 Å². The van der Waals surface area contributed by atoms with Crippen LogP contribution in [-0.2, 0) is 16.4 Å². The number of hydrogen-bond acceptors (Lipinski definition) is 5. The molecule has 3 aromatic rings. The molecule has 0 spiro atoms. The third kappa shape index (κ3) is 4.79. The fourth-order valence-corrected chi connectivity index (χ4v) is 3.24. The summed E-state index contributed by atoms with van der Waals surface area (Å²) in [6.45, 7) is 2.35. The van der Waals surface area contributed by atoms with Crippen molar-refractivity contribution < 1.29 is 13.2 Å². The Kier molecular flexibility index (Phi) is 5.36. The molecule has 27 heavy (non-hydrogen) atoms. The van der Waals surface area contributed by atoms with Gasteiger partial charge in [0.25, 0.3) is 5.91 Å². The van der Waals surface area contributed by atoms with Crippen LogP contribution in [0.5, 0.6) is 0 Å². The first kappa shape index (κ1) is 18.8. The zero-order chi connectivity index (χ0) is 19.4. The van der Waals surface area contributed by atoms with Crippen molar-refractivity contribution in [1.82, 2.24) is 20.3 Å². The number of benzene rings is 2. The van der Waals surface area contributed by atoms with E-state index in [0.717, 1.165) is 17.4 Å². The normalized spacial score (nSPS) is 12.5. The highest BCUT2D eigenvalue weighted by molar-refractivity contribution is 7.90. The van der Waals surface area contributed by atoms with Crippen molar-refractivity contribution >= 4 is 15.7 Å². The van der Waals surface area contributed by atoms with Gasteiger partial charge in [-0.2, -0.15) is 0 Å². The van der Waals surface area contributed by atoms with Gasteiger partial charge in [0.15, 0.2) is 15.5 Å². The first-order valence-electron chi connectivity index (χ1n) is 8.38. The molecule has 1 heterocycles. The van der Waals surface area contributed by atoms with Gasteiger partial charge in [0, 0.05) is 6.26 Å². The highest BCUT2D eigenvalue weighted by Gasteiger charge is 2.16. The minimum atomic E-state index is -3.24. The first-order valence-corrected chi connectivity index (χ1v) is 10.3. The molecule has 140 valence electrons. The average Bonchev–Trinajstić information content (AvgIpc) is 3.10. The van der Waals surface area contributed by atoms with E-state index in [1.807, 2.05) is 37.3 Å². The number of aromatic nitrogens is 3. The van der Waals surface area contributed by atoms with Crippen LogP contribution in [0.2, 0.25) is 0 Å². The second-order valence-corrected chi connectivity index (χ2v) is 8.34. The molecule has 3 rings (SSSR count). The van der Waals surface area contributed by atoms with Crippen LogP contribution >= 0.6 is 0 Å². The lowest BCUT2D eigenvalue weighted by molar-refractivity contribution is 0.0934. The van der Waals surface area contributed by atoms with Gasteiger partial charge < -0.3 is 5.32 Å². The highest BCUT2D eigenvalue weighted by Crippen LogP contribution is 2.16. The van der Waals surface area contributed by atoms with E-state index < -0.39 is 9.84 Å². The summed E-state index contributed by atoms with van der Waals surface area (Å²) in [5.41, 5.74) is 2.09. The second kappa shape index (κ2) is 7.71. The lowest BCUT2D eigenvalue weighted by atomic mass is 10.1. The minimum Gasteiger partial charge on any atom is -0.344 e. The molecule has 1 amide bonds. The van der Waals surface area contributed by atoms with Crippen LogP contribution in [0.25, 0.3) is 0 Å². The first-order chi connectivity index (χ1) is 12.8. The van der Waals surface area contributed by atoms with Crippen molar-refractivity contribution in [3.05, 3.63) is 77.6 Å². The standard InChI is InChI=1S/C19H20N4O3S/c1-14(16-8-10-17(11-9-16)27(2,25)26)20-19(24)18-13-23(22-21-18)12-15-6-4-3-5-7-15/h3-11,13-14H,12H2,1-2H3,(H,20,24)/t14-/m1/s1. The van der Waals surface area contributed by atoms with Gasteiger partial charge in [-0.15, -0.1) is 5.10 Å². The van der Waals surface area contributed by atoms with Gasteiger partial charge in [-0.3, -0.25) is 4.79 Å². The summed E-state index contributed by atoms with van der Waals surface area (Å²) in [5.74, 6) is -0.339. The van der Waals surface area contributed by atoms with Crippen molar-refractivity contribution in [3.63, 3.8) is 0 Å². The largest absolute Gasteiger partial charge is 0.344 e. The molecule has 0 aliphatic rings. The molecule has 1 atom stereocenters. The smallest absolute Gasteiger partial charge is 0.273 e. The predicted molar refractivity (Wildman–Crippen MR) is 101 cm³/mol. The monoisotopic (exact) mass is 384 g/mol. The fourth-order valence-electron chi connectivity index (χ4n) is 2.61. The van der Waals surface area contributed by atoms with E-state index in [2.05, 4.69) is 15.6 Å². The zero-order valence-electron chi connectivity index (χ0n) is 15.0. The van der Waals surface area contributed by atoms with Gasteiger partial charge in [0.1, 0.15) is 0 Å². The maximum atomic E-state index is 12.4. The third-order valence-corrected chi connectivity index (χ3v) is 5.24. The highest BCUT2D eigenvalue weighted by atomic mass is 32.2. The Morgan fingerprint density at radius 1 is 1.11 bits per heavy atom. The minimum absolute atomic E-state index is 0.227. The number of rotatable bonds is 6. The van der Waals surface area contributed by atoms with Crippen LogP contribution < -0.4 is 5.32 Å². The molecule has 8 heteroatoms. The number of nitrogens with zero attached hydrogens (tertiary/aromatic N) is 3. The van der Waals surface area contributed by atoms with E-state index in [-0.39, 0.29) is 22.5 Å². The Bertz CT molecular complexity index is 1030. The molecule has 0 fully saturated rings. The molecule has 0 saturated carbocycles. The maximum absolute atomic E-state index is 12.4. The van der Waals surface area contributed by atoms with Crippen LogP contribution in [-0.4, -0.2) is 35.6 Å². The van der Waals surface area contributed by atoms with Crippen LogP contribution in [0.4, 0.5) is 0 Å². The summed E-state index contributed by atoms with van der Waals surface area (Å²) < 4.78 is 24.7. The van der Waals surface area contributed by atoms with E-state index >= 15 is 0 Å². The maximum Gasteiger partial charge on any atom is 0.273 e. The fraction of sp³-hybridized carbons (Fsp3) is 0.211. The molecule has 0 aliphatic carbocycles. The summed E-state index contributed by atoms with van der Waals surface area (Å²) in [7, 11) is -3.24. The van der Waals surface area contributed by atoms with E-state index in [4.69, 9.17) is 0 Å². The van der Waals surface area contributed by atoms with Crippen molar-refractivity contribution in [3.8, 4) is 0 Å². The molecule has 0 saturated heterocycles. The Morgan fingerprint density at radius 2 is 1.78 bits per heavy atom. The molecule has 0 unspecified atom stereocenters. The summed E-state index contributed by atoms with van der Waals surface area (Å²) in [6, 6.07) is 15.9. The molecular formula is C19H20N4O3S. The molecular weight excluding hydrogens is 364 g/mol. The van der Waals surface area contributed by atoms with Crippen LogP contribution in [0.1, 0.15) is 34.6 Å². The van der Waals surface area contributed by atoms with E-state index in [1.165, 1.54) is 12.1 Å². The Balaban J connectivity index is 1.65. The third-order valence-electron chi connectivity index (χ3n) is 4.11. The molecule has 0 bridgehead atoms. The number of sulfone groups is 1. The molecule has 0 radical (unpaired) electrons. The number of carbonyl (C=O) groups is 1. The number of hydrogen-bond donors (Lipinski definition) is 1. The van der Waals surface area contributed by atoms with Crippen molar-refractivity contribution in [2.75, 3.05) is 6.26 Å². The Labute approximate surface area is 158 Å². The van der Waals surface area contributed by atoms with Gasteiger partial charge in [0.05, 0.1) is 23.7 Å². The number of amides is 1. The lowest BCUT2D eigenvalue weighted by Crippen LogP contribution is -2.27. The SMILES string of the molecule is C[C@@H](NC(=O)c1cn(Cc2ccccc2)nn1)c1ccc(S(C)(=O)=O)cc1. The lowest BCUT2D eigenvalue weighted by Gasteiger charge is -2.13. The number of nitrogens with one attached hydrogen (secondary N) is 1. The predicted octanol–water partition coefficient (Wildman–Crippen LogP) is 2.22. The second-order valence-electron chi connectivity index (χ2n) is 6.32. The quantitative estimate of drug-likeness (QED) is 0.703. The molecule has 1 aromatic heterocycles. The molecule has 7 nitrogen and oxygen atoms in total. The summed E-state index contributed by atoms with van der Waals surface area (Å²) in [6.07, 6.45) is 2.76. The Morgan fingerprint density at radius 3 is 2.41 bits per heavy atom. The van der Waals surface area contributed by atoms with E-state index in [1.54, 1.807) is 23.0 Å². The van der Waals surface area contributed by atoms with Crippen molar-refractivity contribution in [2.45, 2.75) is 24.4 Å². The van der Waals surface area contributed by atoms with E-state index in [0.29, 0.717) is 6.54 Å². The zero-order valence-corrected chi connectivity index (χ0v) is 15.8. The van der Waals surface area contributed by atoms with Gasteiger partial charge in [-0.05, 0) is 30.2 Å². The van der Waals surface area contributed by atoms with Crippen molar-refractivity contribution in [2.24, 2.45) is 0 Å². The number of carbonyl (C=O) groups excluding carboxylic acids is 1. The summed E-state index contributed by atoms with van der Waals surface area (Å²) in [5, 5.41) is 10.8. The van der Waals surface area contributed by atoms with Crippen LogP contribution in [0, 0.1) is 0 Å². The summed E-state index contributed by atoms with van der Waals surface area (Å²) >= 11 is 0. The van der Waals surface area contributed by atoms with Gasteiger partial charge in [0.2, 0.25) is 0 Å². The summed E-state index contributed by atoms with van der Waals surface area (Å²) in [4.78, 5) is 12.6. The van der Waals surface area contributed by atoms with E-state index in [9.17, 15) is 13.2 Å². The van der Waals surface area contributed by atoms with Gasteiger partial charge >= 0.3 is 0 Å².